The summed E-state index contributed by atoms with van der Waals surface area (Å²) in [5.41, 5.74) is 1.11. The lowest BCUT2D eigenvalue weighted by molar-refractivity contribution is 0.199. The molecule has 0 aliphatic heterocycles. The number of nitrogens with one attached hydrogen (secondary N) is 1. The Morgan fingerprint density at radius 2 is 2.06 bits per heavy atom. The largest absolute Gasteiger partial charge is 0.383 e. The number of methoxy groups -OCH3 is 1. The highest BCUT2D eigenvalue weighted by Gasteiger charge is 2.05. The molecule has 3 nitrogen and oxygen atoms in total. The van der Waals surface area contributed by atoms with Gasteiger partial charge in [0.25, 0.3) is 0 Å². The van der Waals surface area contributed by atoms with Crippen molar-refractivity contribution in [1.82, 2.24) is 5.32 Å². The highest BCUT2D eigenvalue weighted by molar-refractivity contribution is 7.85. The van der Waals surface area contributed by atoms with Crippen molar-refractivity contribution in [2.45, 2.75) is 18.2 Å². The fourth-order valence-corrected chi connectivity index (χ4v) is 2.83. The molecule has 4 heteroatoms. The van der Waals surface area contributed by atoms with E-state index in [9.17, 15) is 4.21 Å². The van der Waals surface area contributed by atoms with Crippen molar-refractivity contribution in [3.63, 3.8) is 0 Å². The number of ether oxygens (including phenoxy) is 1. The van der Waals surface area contributed by atoms with Gasteiger partial charge in [0.1, 0.15) is 0 Å². The second-order valence-electron chi connectivity index (χ2n) is 3.91. The van der Waals surface area contributed by atoms with Gasteiger partial charge in [0, 0.05) is 24.3 Å². The maximum atomic E-state index is 12.0. The number of aryl methyl sites for hydroxylation is 1. The molecule has 1 aromatic carbocycles. The van der Waals surface area contributed by atoms with E-state index in [1.165, 1.54) is 0 Å². The van der Waals surface area contributed by atoms with Crippen LogP contribution in [0.1, 0.15) is 12.0 Å². The van der Waals surface area contributed by atoms with Crippen LogP contribution < -0.4 is 5.32 Å². The molecule has 0 aromatic heterocycles. The second-order valence-corrected chi connectivity index (χ2v) is 5.45. The standard InChI is InChI=1S/C13H21NO2S/c1-12-6-3-4-7-13(12)17(15)11-5-8-14-9-10-16-2/h3-4,6-7,14H,5,8-11H2,1-2H3. The van der Waals surface area contributed by atoms with E-state index in [-0.39, 0.29) is 0 Å². The molecule has 0 bridgehead atoms. The molecule has 0 saturated carbocycles. The molecule has 17 heavy (non-hydrogen) atoms. The van der Waals surface area contributed by atoms with Gasteiger partial charge in [-0.25, -0.2) is 0 Å². The Hall–Kier alpha value is -0.710. The van der Waals surface area contributed by atoms with Crippen molar-refractivity contribution >= 4 is 10.8 Å². The molecule has 1 N–H and O–H groups in total. The fourth-order valence-electron chi connectivity index (χ4n) is 1.55. The Kier molecular flexibility index (Phi) is 7.08. The van der Waals surface area contributed by atoms with Crippen molar-refractivity contribution in [2.75, 3.05) is 32.6 Å². The average molecular weight is 255 g/mol. The summed E-state index contributed by atoms with van der Waals surface area (Å²) in [6.45, 7) is 4.47. The highest BCUT2D eigenvalue weighted by atomic mass is 32.2. The third-order valence-electron chi connectivity index (χ3n) is 2.51. The monoisotopic (exact) mass is 255 g/mol. The van der Waals surface area contributed by atoms with Gasteiger partial charge >= 0.3 is 0 Å². The van der Waals surface area contributed by atoms with Crippen LogP contribution in [0.15, 0.2) is 29.2 Å². The molecule has 1 rings (SSSR count). The number of rotatable bonds is 8. The van der Waals surface area contributed by atoms with E-state index in [0.717, 1.165) is 36.6 Å². The van der Waals surface area contributed by atoms with E-state index >= 15 is 0 Å². The van der Waals surface area contributed by atoms with Crippen LogP contribution in [0.25, 0.3) is 0 Å². The zero-order chi connectivity index (χ0) is 12.5. The molecule has 0 heterocycles. The van der Waals surface area contributed by atoms with E-state index in [1.807, 2.05) is 31.2 Å². The fraction of sp³-hybridized carbons (Fsp3) is 0.538. The molecule has 0 saturated heterocycles. The second kappa shape index (κ2) is 8.39. The Morgan fingerprint density at radius 1 is 1.29 bits per heavy atom. The summed E-state index contributed by atoms with van der Waals surface area (Å²) in [4.78, 5) is 0.962. The van der Waals surface area contributed by atoms with Crippen molar-refractivity contribution in [2.24, 2.45) is 0 Å². The minimum atomic E-state index is -0.873. The van der Waals surface area contributed by atoms with Gasteiger partial charge in [-0.2, -0.15) is 0 Å². The maximum absolute atomic E-state index is 12.0. The normalized spacial score (nSPS) is 12.6. The molecule has 1 unspecified atom stereocenters. The van der Waals surface area contributed by atoms with Gasteiger partial charge in [-0.3, -0.25) is 4.21 Å². The topological polar surface area (TPSA) is 38.3 Å². The number of benzene rings is 1. The Morgan fingerprint density at radius 3 is 2.76 bits per heavy atom. The lowest BCUT2D eigenvalue weighted by atomic mass is 10.2. The van der Waals surface area contributed by atoms with Crippen molar-refractivity contribution in [1.29, 1.82) is 0 Å². The van der Waals surface area contributed by atoms with Crippen molar-refractivity contribution < 1.29 is 8.95 Å². The van der Waals surface area contributed by atoms with Gasteiger partial charge in [0.05, 0.1) is 17.4 Å². The molecule has 96 valence electrons. The lowest BCUT2D eigenvalue weighted by Gasteiger charge is -2.06. The van der Waals surface area contributed by atoms with Gasteiger partial charge in [-0.1, -0.05) is 18.2 Å². The van der Waals surface area contributed by atoms with Crippen LogP contribution in [-0.2, 0) is 15.5 Å². The summed E-state index contributed by atoms with van der Waals surface area (Å²) < 4.78 is 16.9. The molecule has 0 aliphatic carbocycles. The van der Waals surface area contributed by atoms with Crippen LogP contribution in [-0.4, -0.2) is 36.8 Å². The SMILES string of the molecule is COCCNCCCS(=O)c1ccccc1C. The minimum absolute atomic E-state index is 0.713. The minimum Gasteiger partial charge on any atom is -0.383 e. The van der Waals surface area contributed by atoms with E-state index < -0.39 is 10.8 Å². The molecule has 0 spiro atoms. The summed E-state index contributed by atoms with van der Waals surface area (Å²) in [7, 11) is 0.816. The summed E-state index contributed by atoms with van der Waals surface area (Å²) in [5.74, 6) is 0.713. The quantitative estimate of drug-likeness (QED) is 0.719. The molecule has 0 amide bonds. The number of hydrogen-bond donors (Lipinski definition) is 1. The highest BCUT2D eigenvalue weighted by Crippen LogP contribution is 2.12. The predicted molar refractivity (Wildman–Crippen MR) is 71.8 cm³/mol. The third kappa shape index (κ3) is 5.44. The maximum Gasteiger partial charge on any atom is 0.0587 e. The predicted octanol–water partition coefficient (Wildman–Crippen LogP) is 1.73. The van der Waals surface area contributed by atoms with Crippen LogP contribution in [0.5, 0.6) is 0 Å². The molecule has 1 atom stereocenters. The van der Waals surface area contributed by atoms with E-state index in [0.29, 0.717) is 5.75 Å². The van der Waals surface area contributed by atoms with Crippen LogP contribution in [0.4, 0.5) is 0 Å². The average Bonchev–Trinajstić information content (AvgIpc) is 2.34. The zero-order valence-electron chi connectivity index (χ0n) is 10.6. The van der Waals surface area contributed by atoms with Crippen LogP contribution >= 0.6 is 0 Å². The van der Waals surface area contributed by atoms with Crippen molar-refractivity contribution in [3.8, 4) is 0 Å². The van der Waals surface area contributed by atoms with Crippen LogP contribution in [0.2, 0.25) is 0 Å². The third-order valence-corrected chi connectivity index (χ3v) is 4.11. The van der Waals surface area contributed by atoms with Gasteiger partial charge < -0.3 is 10.1 Å². The molecular formula is C13H21NO2S. The lowest BCUT2D eigenvalue weighted by Crippen LogP contribution is -2.21. The molecule has 0 fully saturated rings. The molecule has 0 aliphatic rings. The molecule has 0 radical (unpaired) electrons. The van der Waals surface area contributed by atoms with E-state index in [2.05, 4.69) is 5.32 Å². The Balaban J connectivity index is 2.24. The molecule has 1 aromatic rings. The van der Waals surface area contributed by atoms with Gasteiger partial charge in [0.15, 0.2) is 0 Å². The first-order valence-electron chi connectivity index (χ1n) is 5.89. The first-order valence-corrected chi connectivity index (χ1v) is 7.21. The first-order chi connectivity index (χ1) is 8.25. The zero-order valence-corrected chi connectivity index (χ0v) is 11.4. The van der Waals surface area contributed by atoms with Gasteiger partial charge in [0.2, 0.25) is 0 Å². The number of hydrogen-bond acceptors (Lipinski definition) is 3. The van der Waals surface area contributed by atoms with Gasteiger partial charge in [-0.15, -0.1) is 0 Å². The Bertz CT molecular complexity index is 355. The summed E-state index contributed by atoms with van der Waals surface area (Å²) in [5, 5.41) is 3.25. The van der Waals surface area contributed by atoms with E-state index in [1.54, 1.807) is 7.11 Å². The summed E-state index contributed by atoms with van der Waals surface area (Å²) >= 11 is 0. The van der Waals surface area contributed by atoms with Crippen molar-refractivity contribution in [3.05, 3.63) is 29.8 Å². The van der Waals surface area contributed by atoms with Gasteiger partial charge in [-0.05, 0) is 31.5 Å². The summed E-state index contributed by atoms with van der Waals surface area (Å²) in [6, 6.07) is 7.87. The first kappa shape index (κ1) is 14.4. The smallest absolute Gasteiger partial charge is 0.0587 e. The van der Waals surface area contributed by atoms with E-state index in [4.69, 9.17) is 4.74 Å². The van der Waals surface area contributed by atoms with Crippen LogP contribution in [0, 0.1) is 6.92 Å². The molecular weight excluding hydrogens is 234 g/mol. The summed E-state index contributed by atoms with van der Waals surface area (Å²) in [6.07, 6.45) is 0.921. The van der Waals surface area contributed by atoms with Crippen LogP contribution in [0.3, 0.4) is 0 Å². The Labute approximate surface area is 106 Å².